The number of aryl methyl sites for hydroxylation is 1. The lowest BCUT2D eigenvalue weighted by Crippen LogP contribution is -2.44. The number of nitrogens with one attached hydrogen (secondary N) is 1. The molecular weight excluding hydrogens is 234 g/mol. The smallest absolute Gasteiger partial charge is 0.258 e. The van der Waals surface area contributed by atoms with Crippen LogP contribution in [-0.4, -0.2) is 41.5 Å². The van der Waals surface area contributed by atoms with Gasteiger partial charge in [-0.1, -0.05) is 12.1 Å². The third-order valence-electron chi connectivity index (χ3n) is 2.37. The van der Waals surface area contributed by atoms with Crippen LogP contribution in [0.25, 0.3) is 0 Å². The van der Waals surface area contributed by atoms with Crippen molar-refractivity contribution in [1.29, 1.82) is 0 Å². The Kier molecular flexibility index (Phi) is 5.12. The van der Waals surface area contributed by atoms with Crippen LogP contribution in [0.2, 0.25) is 0 Å². The summed E-state index contributed by atoms with van der Waals surface area (Å²) in [4.78, 5) is 11.4. The molecule has 5 heteroatoms. The van der Waals surface area contributed by atoms with Crippen LogP contribution in [0.5, 0.6) is 5.75 Å². The van der Waals surface area contributed by atoms with Crippen LogP contribution < -0.4 is 10.1 Å². The van der Waals surface area contributed by atoms with Gasteiger partial charge in [-0.05, 0) is 31.5 Å². The fourth-order valence-electron chi connectivity index (χ4n) is 1.25. The van der Waals surface area contributed by atoms with Gasteiger partial charge in [0.2, 0.25) is 0 Å². The number of aliphatic hydroxyl groups is 2. The van der Waals surface area contributed by atoms with Gasteiger partial charge >= 0.3 is 0 Å². The van der Waals surface area contributed by atoms with Gasteiger partial charge in [0.25, 0.3) is 5.91 Å². The Labute approximate surface area is 106 Å². The number of carbonyl (C=O) groups is 1. The Balaban J connectivity index is 2.34. The maximum atomic E-state index is 11.4. The summed E-state index contributed by atoms with van der Waals surface area (Å²) in [6.45, 7) is 2.83. The second-order valence-electron chi connectivity index (χ2n) is 4.54. The number of benzene rings is 1. The van der Waals surface area contributed by atoms with E-state index in [2.05, 4.69) is 5.32 Å². The zero-order valence-electron chi connectivity index (χ0n) is 10.6. The molecule has 100 valence electrons. The molecule has 0 radical (unpaired) electrons. The van der Waals surface area contributed by atoms with E-state index in [1.807, 2.05) is 25.1 Å². The molecule has 0 bridgehead atoms. The van der Waals surface area contributed by atoms with Gasteiger partial charge in [0, 0.05) is 6.54 Å². The quantitative estimate of drug-likeness (QED) is 0.678. The first kappa shape index (κ1) is 14.5. The van der Waals surface area contributed by atoms with Gasteiger partial charge in [0.05, 0.1) is 6.61 Å². The molecule has 0 spiro atoms. The molecule has 1 rings (SSSR count). The maximum absolute atomic E-state index is 11.4. The number of amides is 1. The number of rotatable bonds is 6. The second kappa shape index (κ2) is 6.37. The van der Waals surface area contributed by atoms with Gasteiger partial charge in [-0.25, -0.2) is 0 Å². The molecule has 1 atom stereocenters. The van der Waals surface area contributed by atoms with Crippen LogP contribution in [0.3, 0.4) is 0 Å². The zero-order valence-corrected chi connectivity index (χ0v) is 10.6. The summed E-state index contributed by atoms with van der Waals surface area (Å²) in [6.07, 6.45) is 0. The summed E-state index contributed by atoms with van der Waals surface area (Å²) >= 11 is 0. The standard InChI is InChI=1S/C13H19NO4/c1-10-4-3-5-11(6-10)18-7-12(16)14-8-13(2,17)9-15/h3-6,15,17H,7-9H2,1-2H3,(H,14,16). The van der Waals surface area contributed by atoms with Gasteiger partial charge in [0.15, 0.2) is 6.61 Å². The van der Waals surface area contributed by atoms with Crippen molar-refractivity contribution in [2.45, 2.75) is 19.4 Å². The number of ether oxygens (including phenoxy) is 1. The fourth-order valence-corrected chi connectivity index (χ4v) is 1.25. The average molecular weight is 253 g/mol. The van der Waals surface area contributed by atoms with Crippen molar-refractivity contribution >= 4 is 5.91 Å². The Bertz CT molecular complexity index is 404. The molecule has 5 nitrogen and oxygen atoms in total. The van der Waals surface area contributed by atoms with E-state index in [9.17, 15) is 9.90 Å². The summed E-state index contributed by atoms with van der Waals surface area (Å²) in [5, 5.41) is 20.8. The van der Waals surface area contributed by atoms with Crippen molar-refractivity contribution in [2.24, 2.45) is 0 Å². The van der Waals surface area contributed by atoms with Crippen molar-refractivity contribution in [1.82, 2.24) is 5.32 Å². The molecule has 1 aromatic carbocycles. The van der Waals surface area contributed by atoms with Crippen molar-refractivity contribution < 1.29 is 19.7 Å². The number of hydrogen-bond donors (Lipinski definition) is 3. The van der Waals surface area contributed by atoms with Crippen LogP contribution in [0.1, 0.15) is 12.5 Å². The van der Waals surface area contributed by atoms with Gasteiger partial charge in [-0.2, -0.15) is 0 Å². The molecule has 0 aromatic heterocycles. The highest BCUT2D eigenvalue weighted by molar-refractivity contribution is 5.77. The summed E-state index contributed by atoms with van der Waals surface area (Å²) in [5.74, 6) is 0.282. The molecule has 1 aromatic rings. The molecule has 0 heterocycles. The second-order valence-corrected chi connectivity index (χ2v) is 4.54. The lowest BCUT2D eigenvalue weighted by atomic mass is 10.1. The van der Waals surface area contributed by atoms with E-state index < -0.39 is 12.2 Å². The number of hydrogen-bond acceptors (Lipinski definition) is 4. The molecule has 0 fully saturated rings. The van der Waals surface area contributed by atoms with Crippen molar-refractivity contribution in [3.8, 4) is 5.75 Å². The average Bonchev–Trinajstić information content (AvgIpc) is 2.34. The number of aliphatic hydroxyl groups excluding tert-OH is 1. The van der Waals surface area contributed by atoms with Crippen LogP contribution >= 0.6 is 0 Å². The fraction of sp³-hybridized carbons (Fsp3) is 0.462. The van der Waals surface area contributed by atoms with Gasteiger partial charge in [-0.3, -0.25) is 4.79 Å². The SMILES string of the molecule is Cc1cccc(OCC(=O)NCC(C)(O)CO)c1. The van der Waals surface area contributed by atoms with E-state index in [0.29, 0.717) is 5.75 Å². The van der Waals surface area contributed by atoms with Gasteiger partial charge in [0.1, 0.15) is 11.4 Å². The zero-order chi connectivity index (χ0) is 13.6. The van der Waals surface area contributed by atoms with Crippen molar-refractivity contribution in [3.05, 3.63) is 29.8 Å². The van der Waals surface area contributed by atoms with Crippen LogP contribution in [0.4, 0.5) is 0 Å². The van der Waals surface area contributed by atoms with E-state index in [-0.39, 0.29) is 19.1 Å². The molecule has 0 saturated heterocycles. The van der Waals surface area contributed by atoms with Gasteiger partial charge in [-0.15, -0.1) is 0 Å². The molecule has 3 N–H and O–H groups in total. The molecule has 1 amide bonds. The minimum atomic E-state index is -1.31. The molecule has 1 unspecified atom stereocenters. The molecule has 0 aliphatic heterocycles. The summed E-state index contributed by atoms with van der Waals surface area (Å²) in [6, 6.07) is 7.38. The highest BCUT2D eigenvalue weighted by Crippen LogP contribution is 2.11. The number of carbonyl (C=O) groups excluding carboxylic acids is 1. The van der Waals surface area contributed by atoms with Crippen LogP contribution in [0.15, 0.2) is 24.3 Å². The highest BCUT2D eigenvalue weighted by Gasteiger charge is 2.19. The summed E-state index contributed by atoms with van der Waals surface area (Å²) in [7, 11) is 0. The monoisotopic (exact) mass is 253 g/mol. The van der Waals surface area contributed by atoms with Crippen molar-refractivity contribution in [3.63, 3.8) is 0 Å². The first-order valence-electron chi connectivity index (χ1n) is 5.72. The van der Waals surface area contributed by atoms with Gasteiger partial charge < -0.3 is 20.3 Å². The van der Waals surface area contributed by atoms with Crippen LogP contribution in [0, 0.1) is 6.92 Å². The van der Waals surface area contributed by atoms with E-state index in [0.717, 1.165) is 5.56 Å². The first-order valence-corrected chi connectivity index (χ1v) is 5.72. The van der Waals surface area contributed by atoms with E-state index in [1.165, 1.54) is 6.92 Å². The molecule has 0 saturated carbocycles. The minimum Gasteiger partial charge on any atom is -0.484 e. The highest BCUT2D eigenvalue weighted by atomic mass is 16.5. The third-order valence-corrected chi connectivity index (χ3v) is 2.37. The van der Waals surface area contributed by atoms with Crippen LogP contribution in [-0.2, 0) is 4.79 Å². The Morgan fingerprint density at radius 2 is 2.22 bits per heavy atom. The Morgan fingerprint density at radius 3 is 2.83 bits per heavy atom. The lowest BCUT2D eigenvalue weighted by Gasteiger charge is -2.20. The molecule has 0 aliphatic carbocycles. The minimum absolute atomic E-state index is 0.0144. The Hall–Kier alpha value is -1.59. The first-order chi connectivity index (χ1) is 8.43. The lowest BCUT2D eigenvalue weighted by molar-refractivity contribution is -0.124. The van der Waals surface area contributed by atoms with E-state index in [1.54, 1.807) is 6.07 Å². The predicted molar refractivity (Wildman–Crippen MR) is 67.4 cm³/mol. The maximum Gasteiger partial charge on any atom is 0.258 e. The van der Waals surface area contributed by atoms with Crippen molar-refractivity contribution in [2.75, 3.05) is 19.8 Å². The molecular formula is C13H19NO4. The summed E-state index contributed by atoms with van der Waals surface area (Å²) in [5.41, 5.74) is -0.255. The summed E-state index contributed by atoms with van der Waals surface area (Å²) < 4.78 is 5.29. The molecule has 0 aliphatic rings. The third kappa shape index (κ3) is 5.16. The van der Waals surface area contributed by atoms with E-state index in [4.69, 9.17) is 9.84 Å². The topological polar surface area (TPSA) is 78.8 Å². The normalized spacial score (nSPS) is 13.8. The van der Waals surface area contributed by atoms with E-state index >= 15 is 0 Å². The predicted octanol–water partition coefficient (Wildman–Crippen LogP) is 0.233. The molecule has 18 heavy (non-hydrogen) atoms. The Morgan fingerprint density at radius 1 is 1.50 bits per heavy atom. The largest absolute Gasteiger partial charge is 0.484 e.